The number of hydrazine groups is 1. The van der Waals surface area contributed by atoms with Crippen molar-refractivity contribution in [2.24, 2.45) is 5.84 Å². The molecule has 1 unspecified atom stereocenters. The largest absolute Gasteiger partial charge is 0.308 e. The maximum atomic E-state index is 12.4. The van der Waals surface area contributed by atoms with Crippen molar-refractivity contribution in [1.29, 1.82) is 0 Å². The summed E-state index contributed by atoms with van der Waals surface area (Å²) in [6.07, 6.45) is 4.12. The molecule has 0 saturated heterocycles. The van der Waals surface area contributed by atoms with Crippen LogP contribution in [0.2, 0.25) is 0 Å². The minimum absolute atomic E-state index is 0.0511. The molecule has 0 aliphatic carbocycles. The van der Waals surface area contributed by atoms with Gasteiger partial charge in [0.25, 0.3) is 0 Å². The third-order valence-electron chi connectivity index (χ3n) is 2.92. The maximum Gasteiger partial charge on any atom is 0.244 e. The van der Waals surface area contributed by atoms with Gasteiger partial charge < -0.3 is 5.43 Å². The smallest absolute Gasteiger partial charge is 0.244 e. The number of aromatic nitrogens is 1. The van der Waals surface area contributed by atoms with Crippen LogP contribution in [0, 0.1) is 0 Å². The van der Waals surface area contributed by atoms with Gasteiger partial charge in [0.05, 0.1) is 0 Å². The lowest BCUT2D eigenvalue weighted by Gasteiger charge is -2.24. The Kier molecular flexibility index (Phi) is 6.05. The van der Waals surface area contributed by atoms with Gasteiger partial charge in [0, 0.05) is 19.3 Å². The molecule has 1 heterocycles. The Morgan fingerprint density at radius 1 is 1.53 bits per heavy atom. The van der Waals surface area contributed by atoms with Gasteiger partial charge >= 0.3 is 0 Å². The zero-order chi connectivity index (χ0) is 14.5. The van der Waals surface area contributed by atoms with E-state index in [2.05, 4.69) is 10.4 Å². The van der Waals surface area contributed by atoms with Crippen LogP contribution in [-0.2, 0) is 10.0 Å². The number of nitrogens with two attached hydrogens (primary N) is 1. The second-order valence-electron chi connectivity index (χ2n) is 4.18. The molecule has 0 fully saturated rings. The highest BCUT2D eigenvalue weighted by atomic mass is 32.2. The number of anilines is 1. The topological polar surface area (TPSA) is 88.3 Å². The highest BCUT2D eigenvalue weighted by molar-refractivity contribution is 7.98. The summed E-state index contributed by atoms with van der Waals surface area (Å²) in [4.78, 5) is 4.09. The Hall–Kier alpha value is -0.830. The highest BCUT2D eigenvalue weighted by Crippen LogP contribution is 2.18. The first kappa shape index (κ1) is 16.2. The summed E-state index contributed by atoms with van der Waals surface area (Å²) in [6, 6.07) is 2.98. The fraction of sp³-hybridized carbons (Fsp3) is 0.545. The van der Waals surface area contributed by atoms with Crippen LogP contribution in [0.3, 0.4) is 0 Å². The first-order valence-electron chi connectivity index (χ1n) is 5.83. The summed E-state index contributed by atoms with van der Waals surface area (Å²) in [6.45, 7) is 1.90. The molecule has 0 spiro atoms. The lowest BCUT2D eigenvalue weighted by atomic mass is 10.3. The van der Waals surface area contributed by atoms with E-state index >= 15 is 0 Å². The van der Waals surface area contributed by atoms with E-state index in [0.717, 1.165) is 12.2 Å². The predicted molar refractivity (Wildman–Crippen MR) is 79.5 cm³/mol. The lowest BCUT2D eigenvalue weighted by Crippen LogP contribution is -2.35. The van der Waals surface area contributed by atoms with Gasteiger partial charge in [-0.05, 0) is 37.5 Å². The number of hydrogen-bond acceptors (Lipinski definition) is 6. The average Bonchev–Trinajstić information content (AvgIpc) is 2.43. The number of rotatable bonds is 7. The molecule has 19 heavy (non-hydrogen) atoms. The van der Waals surface area contributed by atoms with Crippen molar-refractivity contribution < 1.29 is 8.42 Å². The molecule has 0 aromatic carbocycles. The van der Waals surface area contributed by atoms with Gasteiger partial charge in [-0.1, -0.05) is 0 Å². The molecule has 108 valence electrons. The van der Waals surface area contributed by atoms with Crippen LogP contribution in [0.5, 0.6) is 0 Å². The quantitative estimate of drug-likeness (QED) is 0.580. The molecule has 0 bridgehead atoms. The van der Waals surface area contributed by atoms with Gasteiger partial charge in [-0.15, -0.1) is 0 Å². The second-order valence-corrected chi connectivity index (χ2v) is 7.16. The van der Waals surface area contributed by atoms with E-state index in [-0.39, 0.29) is 10.9 Å². The van der Waals surface area contributed by atoms with Gasteiger partial charge in [0.2, 0.25) is 10.0 Å². The summed E-state index contributed by atoms with van der Waals surface area (Å²) in [5, 5.41) is 0. The number of thioether (sulfide) groups is 1. The fourth-order valence-electron chi connectivity index (χ4n) is 1.49. The molecule has 6 nitrogen and oxygen atoms in total. The predicted octanol–water partition coefficient (Wildman–Crippen LogP) is 1.13. The molecule has 0 saturated carbocycles. The summed E-state index contributed by atoms with van der Waals surface area (Å²) in [7, 11) is -1.91. The third-order valence-corrected chi connectivity index (χ3v) is 5.52. The van der Waals surface area contributed by atoms with Crippen molar-refractivity contribution in [2.45, 2.75) is 24.3 Å². The van der Waals surface area contributed by atoms with Crippen molar-refractivity contribution in [3.05, 3.63) is 18.3 Å². The van der Waals surface area contributed by atoms with Gasteiger partial charge in [-0.25, -0.2) is 19.2 Å². The number of nitrogens with one attached hydrogen (secondary N) is 1. The van der Waals surface area contributed by atoms with E-state index in [9.17, 15) is 8.42 Å². The monoisotopic (exact) mass is 304 g/mol. The van der Waals surface area contributed by atoms with Crippen molar-refractivity contribution >= 4 is 27.6 Å². The van der Waals surface area contributed by atoms with Crippen molar-refractivity contribution in [1.82, 2.24) is 9.29 Å². The van der Waals surface area contributed by atoms with Gasteiger partial charge in [-0.2, -0.15) is 16.1 Å². The van der Waals surface area contributed by atoms with Crippen LogP contribution in [0.4, 0.5) is 5.82 Å². The van der Waals surface area contributed by atoms with Crippen LogP contribution in [-0.4, -0.2) is 42.8 Å². The Morgan fingerprint density at radius 2 is 2.21 bits per heavy atom. The Labute approximate surface area is 118 Å². The first-order valence-corrected chi connectivity index (χ1v) is 8.66. The normalized spacial score (nSPS) is 13.5. The van der Waals surface area contributed by atoms with Crippen molar-refractivity contribution in [3.63, 3.8) is 0 Å². The zero-order valence-corrected chi connectivity index (χ0v) is 13.0. The van der Waals surface area contributed by atoms with Gasteiger partial charge in [0.15, 0.2) is 0 Å². The molecule has 0 amide bonds. The zero-order valence-electron chi connectivity index (χ0n) is 11.3. The van der Waals surface area contributed by atoms with E-state index in [1.165, 1.54) is 22.6 Å². The van der Waals surface area contributed by atoms with Gasteiger partial charge in [-0.3, -0.25) is 0 Å². The van der Waals surface area contributed by atoms with Crippen LogP contribution in [0.15, 0.2) is 23.2 Å². The van der Waals surface area contributed by atoms with Crippen molar-refractivity contribution in [2.75, 3.05) is 24.5 Å². The lowest BCUT2D eigenvalue weighted by molar-refractivity contribution is 0.382. The molecule has 1 aromatic heterocycles. The molecule has 1 atom stereocenters. The molecule has 1 rings (SSSR count). The van der Waals surface area contributed by atoms with Crippen LogP contribution < -0.4 is 11.3 Å². The minimum Gasteiger partial charge on any atom is -0.308 e. The molecule has 0 radical (unpaired) electrons. The van der Waals surface area contributed by atoms with Crippen LogP contribution >= 0.6 is 11.8 Å². The molecule has 0 aliphatic heterocycles. The SMILES string of the molecule is CSCCC(C)N(C)S(=O)(=O)c1ccc(NN)nc1. The maximum absolute atomic E-state index is 12.4. The summed E-state index contributed by atoms with van der Waals surface area (Å²) >= 11 is 1.70. The summed E-state index contributed by atoms with van der Waals surface area (Å²) < 4.78 is 26.1. The number of nitrogen functional groups attached to an aromatic ring is 1. The van der Waals surface area contributed by atoms with Crippen LogP contribution in [0.1, 0.15) is 13.3 Å². The molecule has 1 aromatic rings. The van der Waals surface area contributed by atoms with E-state index in [4.69, 9.17) is 5.84 Å². The van der Waals surface area contributed by atoms with E-state index in [1.807, 2.05) is 13.2 Å². The third kappa shape index (κ3) is 4.07. The number of hydrogen-bond donors (Lipinski definition) is 2. The molecular formula is C11H20N4O2S2. The Balaban J connectivity index is 2.89. The standard InChI is InChI=1S/C11H20N4O2S2/c1-9(6-7-18-3)15(2)19(16,17)10-4-5-11(14-12)13-8-10/h4-5,8-9H,6-7,12H2,1-3H3,(H,13,14). The van der Waals surface area contributed by atoms with E-state index in [1.54, 1.807) is 18.8 Å². The fourth-order valence-corrected chi connectivity index (χ4v) is 3.41. The number of pyridine rings is 1. The molecule has 3 N–H and O–H groups in total. The van der Waals surface area contributed by atoms with Crippen molar-refractivity contribution in [3.8, 4) is 0 Å². The van der Waals surface area contributed by atoms with Gasteiger partial charge in [0.1, 0.15) is 10.7 Å². The van der Waals surface area contributed by atoms with E-state index < -0.39 is 10.0 Å². The Morgan fingerprint density at radius 3 is 2.68 bits per heavy atom. The Bertz CT molecular complexity index is 490. The van der Waals surface area contributed by atoms with Crippen LogP contribution in [0.25, 0.3) is 0 Å². The molecule has 8 heteroatoms. The minimum atomic E-state index is -3.50. The highest BCUT2D eigenvalue weighted by Gasteiger charge is 2.25. The number of nitrogens with zero attached hydrogens (tertiary/aromatic N) is 2. The first-order chi connectivity index (χ1) is 8.93. The second kappa shape index (κ2) is 7.09. The molecular weight excluding hydrogens is 284 g/mol. The number of sulfonamides is 1. The van der Waals surface area contributed by atoms with E-state index in [0.29, 0.717) is 5.82 Å². The summed E-state index contributed by atoms with van der Waals surface area (Å²) in [5.41, 5.74) is 2.36. The summed E-state index contributed by atoms with van der Waals surface area (Å²) in [5.74, 6) is 6.55. The molecule has 0 aliphatic rings. The average molecular weight is 304 g/mol.